The Morgan fingerprint density at radius 3 is 3.15 bits per heavy atom. The maximum atomic E-state index is 5.92. The SMILES string of the molecule is COCCn1nnnc1C1CN(Cc2ccc(-c3ccn[nH]3)o2)CCO1. The number of H-pyrrole nitrogens is 1. The van der Waals surface area contributed by atoms with Crippen LogP contribution in [0.3, 0.4) is 0 Å². The Morgan fingerprint density at radius 1 is 1.35 bits per heavy atom. The Labute approximate surface area is 150 Å². The maximum Gasteiger partial charge on any atom is 0.181 e. The molecule has 3 aromatic heterocycles. The molecule has 1 unspecified atom stereocenters. The first-order valence-electron chi connectivity index (χ1n) is 8.51. The van der Waals surface area contributed by atoms with Crippen LogP contribution in [0.2, 0.25) is 0 Å². The Morgan fingerprint density at radius 2 is 2.31 bits per heavy atom. The number of aromatic amines is 1. The van der Waals surface area contributed by atoms with Crippen LogP contribution in [0, 0.1) is 0 Å². The molecule has 10 nitrogen and oxygen atoms in total. The summed E-state index contributed by atoms with van der Waals surface area (Å²) in [6, 6.07) is 5.82. The van der Waals surface area contributed by atoms with Crippen molar-refractivity contribution in [3.05, 3.63) is 36.0 Å². The summed E-state index contributed by atoms with van der Waals surface area (Å²) in [6.45, 7) is 4.01. The van der Waals surface area contributed by atoms with E-state index in [9.17, 15) is 0 Å². The number of rotatable bonds is 7. The van der Waals surface area contributed by atoms with Gasteiger partial charge in [0, 0.05) is 26.4 Å². The van der Waals surface area contributed by atoms with Crippen molar-refractivity contribution in [1.29, 1.82) is 0 Å². The third-order valence-electron chi connectivity index (χ3n) is 4.31. The van der Waals surface area contributed by atoms with Crippen molar-refractivity contribution in [2.45, 2.75) is 19.2 Å². The molecule has 4 rings (SSSR count). The zero-order chi connectivity index (χ0) is 17.8. The monoisotopic (exact) mass is 359 g/mol. The molecule has 4 heterocycles. The van der Waals surface area contributed by atoms with Gasteiger partial charge in [0.2, 0.25) is 0 Å². The number of hydrogen-bond donors (Lipinski definition) is 1. The average molecular weight is 359 g/mol. The van der Waals surface area contributed by atoms with E-state index >= 15 is 0 Å². The minimum atomic E-state index is -0.169. The standard InChI is InChI=1S/C16H21N7O3/c1-24-8-7-23-16(19-20-21-23)15-11-22(6-9-25-15)10-12-2-3-14(26-12)13-4-5-17-18-13/h2-5,15H,6-11H2,1H3,(H,17,18). The molecule has 138 valence electrons. The molecule has 0 aromatic carbocycles. The van der Waals surface area contributed by atoms with Crippen molar-refractivity contribution < 1.29 is 13.9 Å². The molecule has 1 atom stereocenters. The molecule has 0 bridgehead atoms. The highest BCUT2D eigenvalue weighted by molar-refractivity contribution is 5.51. The molecule has 3 aromatic rings. The van der Waals surface area contributed by atoms with E-state index in [1.54, 1.807) is 18.0 Å². The molecule has 26 heavy (non-hydrogen) atoms. The van der Waals surface area contributed by atoms with Crippen LogP contribution in [-0.2, 0) is 22.6 Å². The number of aromatic nitrogens is 6. The Bertz CT molecular complexity index is 814. The van der Waals surface area contributed by atoms with E-state index in [4.69, 9.17) is 13.9 Å². The van der Waals surface area contributed by atoms with E-state index in [0.29, 0.717) is 32.8 Å². The average Bonchev–Trinajstić information content (AvgIpc) is 3.41. The summed E-state index contributed by atoms with van der Waals surface area (Å²) in [5, 5.41) is 18.8. The van der Waals surface area contributed by atoms with Crippen LogP contribution in [0.5, 0.6) is 0 Å². The first kappa shape index (κ1) is 16.9. The van der Waals surface area contributed by atoms with E-state index in [2.05, 4.69) is 30.6 Å². The quantitative estimate of drug-likeness (QED) is 0.662. The van der Waals surface area contributed by atoms with Gasteiger partial charge in [-0.05, 0) is 28.6 Å². The fraction of sp³-hybridized carbons (Fsp3) is 0.500. The van der Waals surface area contributed by atoms with Gasteiger partial charge in [-0.2, -0.15) is 5.10 Å². The molecular weight excluding hydrogens is 338 g/mol. The molecule has 1 aliphatic heterocycles. The van der Waals surface area contributed by atoms with E-state index in [0.717, 1.165) is 29.6 Å². The van der Waals surface area contributed by atoms with Crippen LogP contribution in [0.1, 0.15) is 17.7 Å². The molecule has 1 saturated heterocycles. The van der Waals surface area contributed by atoms with E-state index in [1.807, 2.05) is 18.2 Å². The van der Waals surface area contributed by atoms with Gasteiger partial charge in [-0.25, -0.2) is 4.68 Å². The lowest BCUT2D eigenvalue weighted by Crippen LogP contribution is -2.38. The molecule has 10 heteroatoms. The number of furan rings is 1. The van der Waals surface area contributed by atoms with Crippen LogP contribution in [-0.4, -0.2) is 68.7 Å². The van der Waals surface area contributed by atoms with Gasteiger partial charge < -0.3 is 13.9 Å². The number of hydrogen-bond acceptors (Lipinski definition) is 8. The van der Waals surface area contributed by atoms with Crippen LogP contribution in [0.25, 0.3) is 11.5 Å². The molecule has 0 saturated carbocycles. The van der Waals surface area contributed by atoms with Crippen molar-refractivity contribution in [2.24, 2.45) is 0 Å². The topological polar surface area (TPSA) is 107 Å². The van der Waals surface area contributed by atoms with Gasteiger partial charge in [-0.1, -0.05) is 0 Å². The third-order valence-corrected chi connectivity index (χ3v) is 4.31. The molecule has 0 radical (unpaired) electrons. The van der Waals surface area contributed by atoms with Crippen molar-refractivity contribution in [3.8, 4) is 11.5 Å². The van der Waals surface area contributed by atoms with Gasteiger partial charge in [0.05, 0.1) is 26.3 Å². The number of nitrogens with zero attached hydrogens (tertiary/aromatic N) is 6. The Kier molecular flexibility index (Phi) is 5.04. The highest BCUT2D eigenvalue weighted by Crippen LogP contribution is 2.24. The van der Waals surface area contributed by atoms with Crippen LogP contribution in [0.4, 0.5) is 0 Å². The summed E-state index contributed by atoms with van der Waals surface area (Å²) in [5.74, 6) is 2.41. The molecule has 1 aliphatic rings. The van der Waals surface area contributed by atoms with Crippen LogP contribution < -0.4 is 0 Å². The Balaban J connectivity index is 1.40. The highest BCUT2D eigenvalue weighted by Gasteiger charge is 2.27. The fourth-order valence-electron chi connectivity index (χ4n) is 3.00. The molecule has 0 spiro atoms. The van der Waals surface area contributed by atoms with Gasteiger partial charge in [0.1, 0.15) is 17.6 Å². The molecule has 1 N–H and O–H groups in total. The summed E-state index contributed by atoms with van der Waals surface area (Å²) < 4.78 is 18.6. The van der Waals surface area contributed by atoms with Crippen molar-refractivity contribution in [1.82, 2.24) is 35.3 Å². The summed E-state index contributed by atoms with van der Waals surface area (Å²) >= 11 is 0. The lowest BCUT2D eigenvalue weighted by atomic mass is 10.2. The van der Waals surface area contributed by atoms with E-state index in [1.165, 1.54) is 0 Å². The minimum absolute atomic E-state index is 0.169. The molecular formula is C16H21N7O3. The van der Waals surface area contributed by atoms with Crippen molar-refractivity contribution >= 4 is 0 Å². The second-order valence-electron chi connectivity index (χ2n) is 6.08. The van der Waals surface area contributed by atoms with E-state index in [-0.39, 0.29) is 6.10 Å². The predicted molar refractivity (Wildman–Crippen MR) is 90.0 cm³/mol. The lowest BCUT2D eigenvalue weighted by Gasteiger charge is -2.31. The molecule has 0 aliphatic carbocycles. The minimum Gasteiger partial charge on any atom is -0.458 e. The zero-order valence-electron chi connectivity index (χ0n) is 14.5. The number of ether oxygens (including phenoxy) is 2. The van der Waals surface area contributed by atoms with Crippen LogP contribution in [0.15, 0.2) is 28.8 Å². The van der Waals surface area contributed by atoms with Gasteiger partial charge in [0.15, 0.2) is 11.6 Å². The van der Waals surface area contributed by atoms with Crippen molar-refractivity contribution in [3.63, 3.8) is 0 Å². The summed E-state index contributed by atoms with van der Waals surface area (Å²) in [4.78, 5) is 2.28. The summed E-state index contributed by atoms with van der Waals surface area (Å²) in [7, 11) is 1.66. The number of morpholine rings is 1. The van der Waals surface area contributed by atoms with E-state index < -0.39 is 0 Å². The van der Waals surface area contributed by atoms with Gasteiger partial charge >= 0.3 is 0 Å². The number of tetrazole rings is 1. The summed E-state index contributed by atoms with van der Waals surface area (Å²) in [6.07, 6.45) is 1.54. The molecule has 1 fully saturated rings. The van der Waals surface area contributed by atoms with Gasteiger partial charge in [0.25, 0.3) is 0 Å². The summed E-state index contributed by atoms with van der Waals surface area (Å²) in [5.41, 5.74) is 0.869. The third kappa shape index (κ3) is 3.66. The van der Waals surface area contributed by atoms with Gasteiger partial charge in [-0.15, -0.1) is 5.10 Å². The second-order valence-corrected chi connectivity index (χ2v) is 6.08. The molecule has 0 amide bonds. The second kappa shape index (κ2) is 7.77. The largest absolute Gasteiger partial charge is 0.458 e. The highest BCUT2D eigenvalue weighted by atomic mass is 16.5. The Hall–Kier alpha value is -2.56. The fourth-order valence-corrected chi connectivity index (χ4v) is 3.00. The maximum absolute atomic E-state index is 5.92. The normalized spacial score (nSPS) is 18.4. The first-order chi connectivity index (χ1) is 12.8. The van der Waals surface area contributed by atoms with Gasteiger partial charge in [-0.3, -0.25) is 10.00 Å². The van der Waals surface area contributed by atoms with Crippen molar-refractivity contribution in [2.75, 3.05) is 33.4 Å². The predicted octanol–water partition coefficient (Wildman–Crippen LogP) is 0.876. The zero-order valence-corrected chi connectivity index (χ0v) is 14.5. The first-order valence-corrected chi connectivity index (χ1v) is 8.51. The smallest absolute Gasteiger partial charge is 0.181 e. The number of nitrogens with one attached hydrogen (secondary N) is 1. The lowest BCUT2D eigenvalue weighted by molar-refractivity contribution is -0.0412. The van der Waals surface area contributed by atoms with Crippen LogP contribution >= 0.6 is 0 Å². The number of methoxy groups -OCH3 is 1.